The average Bonchev–Trinajstić information content (AvgIpc) is 3.09. The van der Waals surface area contributed by atoms with E-state index >= 15 is 0 Å². The van der Waals surface area contributed by atoms with Crippen molar-refractivity contribution in [1.29, 1.82) is 0 Å². The van der Waals surface area contributed by atoms with Crippen molar-refractivity contribution in [3.8, 4) is 0 Å². The quantitative estimate of drug-likeness (QED) is 0.592. The van der Waals surface area contributed by atoms with Gasteiger partial charge in [0.05, 0.1) is 10.4 Å². The van der Waals surface area contributed by atoms with Crippen LogP contribution in [-0.2, 0) is 0 Å². The van der Waals surface area contributed by atoms with Gasteiger partial charge in [-0.2, -0.15) is 0 Å². The highest BCUT2D eigenvalue weighted by atomic mass is 35.5. The molecule has 2 heterocycles. The van der Waals surface area contributed by atoms with Gasteiger partial charge in [-0.3, -0.25) is 0 Å². The monoisotopic (exact) mass is 333 g/mol. The fraction of sp³-hybridized carbons (Fsp3) is 0.176. The molecular weight excluding hydrogens is 318 g/mol. The highest BCUT2D eigenvalue weighted by Gasteiger charge is 2.18. The number of rotatable bonds is 4. The number of aryl methyl sites for hydroxylation is 2. The lowest BCUT2D eigenvalue weighted by Crippen LogP contribution is -2.10. The predicted octanol–water partition coefficient (Wildman–Crippen LogP) is 6.28. The molecule has 0 spiro atoms. The second-order valence-electron chi connectivity index (χ2n) is 5.05. The zero-order valence-corrected chi connectivity index (χ0v) is 14.3. The van der Waals surface area contributed by atoms with Gasteiger partial charge in [0.25, 0.3) is 0 Å². The maximum atomic E-state index is 6.12. The first-order valence-corrected chi connectivity index (χ1v) is 8.83. The lowest BCUT2D eigenvalue weighted by molar-refractivity contribution is 0.988. The Morgan fingerprint density at radius 2 is 1.90 bits per heavy atom. The molecule has 0 radical (unpaired) electrons. The van der Waals surface area contributed by atoms with E-state index in [1.54, 1.807) is 22.7 Å². The Balaban J connectivity index is 1.96. The number of anilines is 1. The number of hydrogen-bond donors (Lipinski definition) is 1. The average molecular weight is 334 g/mol. The van der Waals surface area contributed by atoms with Crippen molar-refractivity contribution >= 4 is 40.0 Å². The largest absolute Gasteiger partial charge is 0.373 e. The van der Waals surface area contributed by atoms with Crippen molar-refractivity contribution in [3.05, 3.63) is 73.1 Å². The Morgan fingerprint density at radius 1 is 1.05 bits per heavy atom. The van der Waals surface area contributed by atoms with Gasteiger partial charge < -0.3 is 5.32 Å². The highest BCUT2D eigenvalue weighted by Crippen LogP contribution is 2.36. The molecule has 0 aliphatic carbocycles. The van der Waals surface area contributed by atoms with Crippen molar-refractivity contribution in [2.45, 2.75) is 19.9 Å². The summed E-state index contributed by atoms with van der Waals surface area (Å²) in [6.07, 6.45) is 0. The minimum atomic E-state index is 0.156. The van der Waals surface area contributed by atoms with Crippen LogP contribution in [0.2, 0.25) is 4.34 Å². The topological polar surface area (TPSA) is 12.0 Å². The van der Waals surface area contributed by atoms with E-state index in [-0.39, 0.29) is 6.04 Å². The SMILES string of the molecule is Cc1ccc(NC(c2cccs2)c2ccc(Cl)s2)c(C)c1. The molecule has 1 nitrogen and oxygen atoms in total. The van der Waals surface area contributed by atoms with E-state index in [1.807, 2.05) is 6.07 Å². The summed E-state index contributed by atoms with van der Waals surface area (Å²) in [5.41, 5.74) is 3.72. The Hall–Kier alpha value is -1.29. The van der Waals surface area contributed by atoms with E-state index in [0.717, 1.165) is 4.34 Å². The highest BCUT2D eigenvalue weighted by molar-refractivity contribution is 7.16. The standard InChI is InChI=1S/C17H16ClNS2/c1-11-5-6-13(12(2)10-11)19-17(14-4-3-9-20-14)15-7-8-16(18)21-15/h3-10,17,19H,1-2H3. The molecule has 0 aliphatic rings. The molecule has 21 heavy (non-hydrogen) atoms. The number of benzene rings is 1. The summed E-state index contributed by atoms with van der Waals surface area (Å²) >= 11 is 9.51. The van der Waals surface area contributed by atoms with Crippen LogP contribution in [0.4, 0.5) is 5.69 Å². The molecule has 1 N–H and O–H groups in total. The van der Waals surface area contributed by atoms with Crippen LogP contribution in [0.5, 0.6) is 0 Å². The molecule has 0 bridgehead atoms. The van der Waals surface area contributed by atoms with Crippen LogP contribution in [0, 0.1) is 13.8 Å². The van der Waals surface area contributed by atoms with Gasteiger partial charge in [0.2, 0.25) is 0 Å². The molecule has 2 aromatic heterocycles. The molecule has 1 aromatic carbocycles. The molecular formula is C17H16ClNS2. The smallest absolute Gasteiger partial charge is 0.0954 e. The lowest BCUT2D eigenvalue weighted by atomic mass is 10.1. The van der Waals surface area contributed by atoms with Crippen LogP contribution in [0.1, 0.15) is 26.9 Å². The summed E-state index contributed by atoms with van der Waals surface area (Å²) in [6, 6.07) is 15.0. The third-order valence-corrected chi connectivity index (χ3v) is 5.62. The molecule has 0 saturated heterocycles. The van der Waals surface area contributed by atoms with E-state index in [0.29, 0.717) is 0 Å². The third kappa shape index (κ3) is 3.31. The van der Waals surface area contributed by atoms with E-state index in [1.165, 1.54) is 26.6 Å². The van der Waals surface area contributed by atoms with Gasteiger partial charge in [0, 0.05) is 15.4 Å². The van der Waals surface area contributed by atoms with Crippen LogP contribution < -0.4 is 5.32 Å². The second-order valence-corrected chi connectivity index (χ2v) is 7.78. The van der Waals surface area contributed by atoms with Crippen molar-refractivity contribution in [3.63, 3.8) is 0 Å². The maximum absolute atomic E-state index is 6.12. The Labute approximate surface area is 138 Å². The summed E-state index contributed by atoms with van der Waals surface area (Å²) in [5.74, 6) is 0. The molecule has 0 aliphatic heterocycles. The van der Waals surface area contributed by atoms with Crippen LogP contribution in [-0.4, -0.2) is 0 Å². The van der Waals surface area contributed by atoms with Gasteiger partial charge in [0.15, 0.2) is 0 Å². The molecule has 3 rings (SSSR count). The first kappa shape index (κ1) is 14.6. The number of halogens is 1. The lowest BCUT2D eigenvalue weighted by Gasteiger charge is -2.19. The summed E-state index contributed by atoms with van der Waals surface area (Å²) in [6.45, 7) is 4.26. The fourth-order valence-corrected chi connectivity index (χ4v) is 4.35. The van der Waals surface area contributed by atoms with Gasteiger partial charge in [-0.15, -0.1) is 22.7 Å². The van der Waals surface area contributed by atoms with Crippen molar-refractivity contribution < 1.29 is 0 Å². The van der Waals surface area contributed by atoms with Crippen molar-refractivity contribution in [2.75, 3.05) is 5.32 Å². The Morgan fingerprint density at radius 3 is 2.52 bits per heavy atom. The zero-order valence-electron chi connectivity index (χ0n) is 11.9. The molecule has 0 fully saturated rings. The third-order valence-electron chi connectivity index (χ3n) is 3.39. The summed E-state index contributed by atoms with van der Waals surface area (Å²) < 4.78 is 0.828. The van der Waals surface area contributed by atoms with E-state index in [4.69, 9.17) is 11.6 Å². The molecule has 0 saturated carbocycles. The van der Waals surface area contributed by atoms with Crippen LogP contribution >= 0.6 is 34.3 Å². The summed E-state index contributed by atoms with van der Waals surface area (Å²) in [4.78, 5) is 2.54. The molecule has 108 valence electrons. The zero-order chi connectivity index (χ0) is 14.8. The predicted molar refractivity (Wildman–Crippen MR) is 95.0 cm³/mol. The van der Waals surface area contributed by atoms with Crippen LogP contribution in [0.25, 0.3) is 0 Å². The molecule has 1 unspecified atom stereocenters. The van der Waals surface area contributed by atoms with Crippen molar-refractivity contribution in [2.24, 2.45) is 0 Å². The van der Waals surface area contributed by atoms with Crippen LogP contribution in [0.15, 0.2) is 47.8 Å². The van der Waals surface area contributed by atoms with Gasteiger partial charge in [-0.25, -0.2) is 0 Å². The van der Waals surface area contributed by atoms with Crippen LogP contribution in [0.3, 0.4) is 0 Å². The van der Waals surface area contributed by atoms with Gasteiger partial charge >= 0.3 is 0 Å². The normalized spacial score (nSPS) is 12.3. The first-order valence-electron chi connectivity index (χ1n) is 6.76. The fourth-order valence-electron chi connectivity index (χ4n) is 2.35. The minimum Gasteiger partial charge on any atom is -0.373 e. The minimum absolute atomic E-state index is 0.156. The first-order chi connectivity index (χ1) is 10.1. The molecule has 3 aromatic rings. The number of thiophene rings is 2. The van der Waals surface area contributed by atoms with Gasteiger partial charge in [-0.05, 0) is 49.1 Å². The second kappa shape index (κ2) is 6.22. The molecule has 1 atom stereocenters. The number of hydrogen-bond acceptors (Lipinski definition) is 3. The van der Waals surface area contributed by atoms with Crippen molar-refractivity contribution in [1.82, 2.24) is 0 Å². The van der Waals surface area contributed by atoms with Gasteiger partial charge in [0.1, 0.15) is 0 Å². The molecule has 0 amide bonds. The summed E-state index contributed by atoms with van der Waals surface area (Å²) in [5, 5.41) is 5.78. The Kier molecular flexibility index (Phi) is 4.34. The van der Waals surface area contributed by atoms with E-state index in [9.17, 15) is 0 Å². The molecule has 4 heteroatoms. The number of nitrogens with one attached hydrogen (secondary N) is 1. The van der Waals surface area contributed by atoms with E-state index in [2.05, 4.69) is 60.9 Å². The van der Waals surface area contributed by atoms with Gasteiger partial charge in [-0.1, -0.05) is 35.4 Å². The Bertz CT molecular complexity index is 731. The van der Waals surface area contributed by atoms with E-state index < -0.39 is 0 Å². The maximum Gasteiger partial charge on any atom is 0.0954 e. The summed E-state index contributed by atoms with van der Waals surface area (Å²) in [7, 11) is 0.